The molecule has 0 saturated heterocycles. The van der Waals surface area contributed by atoms with Gasteiger partial charge in [0.25, 0.3) is 6.71 Å². The molecule has 0 spiro atoms. The number of nitrogens with zero attached hydrogens (tertiary/aromatic N) is 2. The Labute approximate surface area is 305 Å². The third kappa shape index (κ3) is 4.85. The second-order valence-electron chi connectivity index (χ2n) is 20.1. The standard InChI is InChI=1S/C46H55BF2N2/c1-41(2,3)28-15-18-32(19-16-28)50-36-20-17-29(42(4,5)6)24-34(36)47-35-25-30(43(7,8)9)23-33-40(35)51(46(49)22-14-13-21-45(33,46)48)38-27-31(44(10,11)12)26-37(50)39(38)47/h15-20,23-27H,13-14,21-22H2,1-12H3. The summed E-state index contributed by atoms with van der Waals surface area (Å²) in [7, 11) is 0. The number of hydrogen-bond acceptors (Lipinski definition) is 2. The molecular weight excluding hydrogens is 629 g/mol. The molecule has 1 saturated carbocycles. The summed E-state index contributed by atoms with van der Waals surface area (Å²) < 4.78 is 36.4. The fraction of sp³-hybridized carbons (Fsp3) is 0.478. The molecule has 2 nitrogen and oxygen atoms in total. The molecule has 5 heteroatoms. The lowest BCUT2D eigenvalue weighted by atomic mass is 9.33. The predicted molar refractivity (Wildman–Crippen MR) is 214 cm³/mol. The molecule has 0 amide bonds. The van der Waals surface area contributed by atoms with Crippen LogP contribution in [0.4, 0.5) is 37.2 Å². The van der Waals surface area contributed by atoms with Gasteiger partial charge in [0.2, 0.25) is 5.79 Å². The lowest BCUT2D eigenvalue weighted by molar-refractivity contribution is -0.0615. The van der Waals surface area contributed by atoms with E-state index in [2.05, 4.69) is 149 Å². The van der Waals surface area contributed by atoms with Crippen molar-refractivity contribution in [3.63, 3.8) is 0 Å². The Kier molecular flexibility index (Phi) is 7.11. The number of anilines is 5. The van der Waals surface area contributed by atoms with Crippen molar-refractivity contribution in [2.45, 2.75) is 142 Å². The van der Waals surface area contributed by atoms with E-state index in [1.165, 1.54) is 16.6 Å². The van der Waals surface area contributed by atoms with Crippen LogP contribution in [-0.2, 0) is 27.3 Å². The number of alkyl halides is 2. The lowest BCUT2D eigenvalue weighted by Gasteiger charge is -2.48. The average Bonchev–Trinajstić information content (AvgIpc) is 3.24. The van der Waals surface area contributed by atoms with E-state index in [4.69, 9.17) is 0 Å². The van der Waals surface area contributed by atoms with Gasteiger partial charge in [0.05, 0.1) is 0 Å². The van der Waals surface area contributed by atoms with Crippen LogP contribution in [0.2, 0.25) is 0 Å². The molecule has 4 aromatic carbocycles. The Hall–Kier alpha value is -3.60. The van der Waals surface area contributed by atoms with Gasteiger partial charge in [0.1, 0.15) is 0 Å². The van der Waals surface area contributed by atoms with Crippen molar-refractivity contribution >= 4 is 51.5 Å². The van der Waals surface area contributed by atoms with Gasteiger partial charge in [0, 0.05) is 40.4 Å². The van der Waals surface area contributed by atoms with Gasteiger partial charge in [-0.3, -0.25) is 0 Å². The van der Waals surface area contributed by atoms with Crippen molar-refractivity contribution in [1.29, 1.82) is 0 Å². The molecule has 0 bridgehead atoms. The maximum absolute atomic E-state index is 18.4. The first kappa shape index (κ1) is 34.5. The number of hydrogen-bond donors (Lipinski definition) is 0. The van der Waals surface area contributed by atoms with Crippen LogP contribution in [0.3, 0.4) is 0 Å². The Morgan fingerprint density at radius 3 is 1.69 bits per heavy atom. The van der Waals surface area contributed by atoms with Gasteiger partial charge in [0.15, 0.2) is 5.67 Å². The van der Waals surface area contributed by atoms with Crippen LogP contribution in [0.1, 0.15) is 137 Å². The molecule has 0 N–H and O–H groups in total. The number of rotatable bonds is 1. The largest absolute Gasteiger partial charge is 0.311 e. The number of fused-ring (bicyclic) bond motifs is 7. The van der Waals surface area contributed by atoms with Crippen LogP contribution in [-0.4, -0.2) is 12.5 Å². The average molecular weight is 685 g/mol. The Morgan fingerprint density at radius 2 is 1.08 bits per heavy atom. The molecule has 0 radical (unpaired) electrons. The van der Waals surface area contributed by atoms with Gasteiger partial charge in [-0.25, -0.2) is 8.78 Å². The van der Waals surface area contributed by atoms with Gasteiger partial charge in [-0.2, -0.15) is 0 Å². The molecule has 4 aromatic rings. The van der Waals surface area contributed by atoms with E-state index in [0.717, 1.165) is 50.5 Å². The zero-order chi connectivity index (χ0) is 36.8. The summed E-state index contributed by atoms with van der Waals surface area (Å²) in [6, 6.07) is 24.8. The SMILES string of the molecule is CC(C)(C)c1ccc(N2c3ccc(C(C)(C)C)cc3B3c4cc(C(C)(C)C)cc5c4N(c4cc(C(C)(C)C)cc2c43)C2(F)CCCCC52F)cc1. The monoisotopic (exact) mass is 684 g/mol. The first-order chi connectivity index (χ1) is 23.6. The zero-order valence-electron chi connectivity index (χ0n) is 32.9. The van der Waals surface area contributed by atoms with Gasteiger partial charge < -0.3 is 9.80 Å². The molecule has 3 heterocycles. The van der Waals surface area contributed by atoms with Gasteiger partial charge >= 0.3 is 0 Å². The summed E-state index contributed by atoms with van der Waals surface area (Å²) in [5, 5.41) is 0. The topological polar surface area (TPSA) is 6.48 Å². The van der Waals surface area contributed by atoms with E-state index in [0.29, 0.717) is 18.4 Å². The summed E-state index contributed by atoms with van der Waals surface area (Å²) in [5.41, 5.74) is 10.8. The van der Waals surface area contributed by atoms with Crippen molar-refractivity contribution in [3.05, 3.63) is 94.5 Å². The first-order valence-electron chi connectivity index (χ1n) is 19.2. The molecule has 266 valence electrons. The van der Waals surface area contributed by atoms with E-state index in [1.54, 1.807) is 0 Å². The maximum atomic E-state index is 18.4. The van der Waals surface area contributed by atoms with E-state index < -0.39 is 11.5 Å². The highest BCUT2D eigenvalue weighted by Gasteiger charge is 2.68. The van der Waals surface area contributed by atoms with E-state index in [1.807, 2.05) is 11.0 Å². The normalized spacial score (nSPS) is 22.4. The second kappa shape index (κ2) is 10.5. The minimum Gasteiger partial charge on any atom is -0.311 e. The van der Waals surface area contributed by atoms with Crippen molar-refractivity contribution < 1.29 is 8.78 Å². The minimum absolute atomic E-state index is 0.0204. The fourth-order valence-electron chi connectivity index (χ4n) is 9.27. The molecule has 0 aromatic heterocycles. The van der Waals surface area contributed by atoms with E-state index in [9.17, 15) is 0 Å². The van der Waals surface area contributed by atoms with Crippen molar-refractivity contribution in [3.8, 4) is 0 Å². The van der Waals surface area contributed by atoms with Crippen LogP contribution in [0.25, 0.3) is 0 Å². The fourth-order valence-corrected chi connectivity index (χ4v) is 9.27. The zero-order valence-corrected chi connectivity index (χ0v) is 32.9. The highest BCUT2D eigenvalue weighted by Crippen LogP contribution is 2.64. The molecular formula is C46H55BF2N2. The van der Waals surface area contributed by atoms with Crippen LogP contribution in [0, 0.1) is 0 Å². The van der Waals surface area contributed by atoms with Crippen molar-refractivity contribution in [2.75, 3.05) is 9.80 Å². The van der Waals surface area contributed by atoms with Crippen LogP contribution in [0.5, 0.6) is 0 Å². The molecule has 2 atom stereocenters. The molecule has 2 unspecified atom stereocenters. The minimum atomic E-state index is -2.17. The number of benzene rings is 4. The molecule has 1 fully saturated rings. The summed E-state index contributed by atoms with van der Waals surface area (Å²) in [4.78, 5) is 4.26. The molecule has 8 rings (SSSR count). The molecule has 1 aliphatic carbocycles. The van der Waals surface area contributed by atoms with Gasteiger partial charge in [-0.1, -0.05) is 113 Å². The first-order valence-corrected chi connectivity index (χ1v) is 19.2. The Morgan fingerprint density at radius 1 is 0.549 bits per heavy atom. The summed E-state index contributed by atoms with van der Waals surface area (Å²) in [5.74, 6) is -2.17. The third-order valence-corrected chi connectivity index (χ3v) is 12.4. The Balaban J connectivity index is 1.53. The predicted octanol–water partition coefficient (Wildman–Crippen LogP) is 11.0. The van der Waals surface area contributed by atoms with E-state index in [-0.39, 0.29) is 41.2 Å². The lowest BCUT2D eigenvalue weighted by Crippen LogP contribution is -2.64. The third-order valence-electron chi connectivity index (χ3n) is 12.4. The smallest absolute Gasteiger partial charge is 0.252 e. The summed E-state index contributed by atoms with van der Waals surface area (Å²) >= 11 is 0. The van der Waals surface area contributed by atoms with Gasteiger partial charge in [-0.15, -0.1) is 0 Å². The van der Waals surface area contributed by atoms with Crippen molar-refractivity contribution in [1.82, 2.24) is 0 Å². The van der Waals surface area contributed by atoms with Crippen LogP contribution in [0.15, 0.2) is 66.7 Å². The van der Waals surface area contributed by atoms with E-state index >= 15 is 8.78 Å². The molecule has 51 heavy (non-hydrogen) atoms. The second-order valence-corrected chi connectivity index (χ2v) is 20.1. The van der Waals surface area contributed by atoms with Crippen molar-refractivity contribution in [2.24, 2.45) is 0 Å². The highest BCUT2D eigenvalue weighted by atomic mass is 19.2. The number of halogens is 2. The summed E-state index contributed by atoms with van der Waals surface area (Å²) in [6.07, 6.45) is 1.72. The molecule has 3 aliphatic heterocycles. The quantitative estimate of drug-likeness (QED) is 0.128. The highest BCUT2D eigenvalue weighted by molar-refractivity contribution is 7.00. The van der Waals surface area contributed by atoms with Crippen LogP contribution >= 0.6 is 0 Å². The molecule has 4 aliphatic rings. The Bertz CT molecular complexity index is 2090. The van der Waals surface area contributed by atoms with Gasteiger partial charge in [-0.05, 0) is 116 Å². The maximum Gasteiger partial charge on any atom is 0.252 e. The van der Waals surface area contributed by atoms with Crippen LogP contribution < -0.4 is 26.2 Å². The summed E-state index contributed by atoms with van der Waals surface area (Å²) in [6.45, 7) is 26.6.